The number of likely N-dealkylation sites (N-methyl/N-ethyl adjacent to an activating group) is 1. The summed E-state index contributed by atoms with van der Waals surface area (Å²) in [6.07, 6.45) is 1.54. The molecule has 118 valence electrons. The largest absolute Gasteiger partial charge is 0.389 e. The summed E-state index contributed by atoms with van der Waals surface area (Å²) < 4.78 is 1.47. The smallest absolute Gasteiger partial charge is 0.276 e. The minimum absolute atomic E-state index is 0.214. The van der Waals surface area contributed by atoms with Crippen LogP contribution in [0.25, 0.3) is 5.69 Å². The summed E-state index contributed by atoms with van der Waals surface area (Å²) in [7, 11) is 0. The Balaban J connectivity index is 2.24. The van der Waals surface area contributed by atoms with E-state index in [2.05, 4.69) is 10.3 Å². The number of benzene rings is 1. The lowest BCUT2D eigenvalue weighted by molar-refractivity contribution is 0.0311. The lowest BCUT2D eigenvalue weighted by Crippen LogP contribution is -2.42. The van der Waals surface area contributed by atoms with Crippen LogP contribution < -0.4 is 0 Å². The molecule has 0 saturated carbocycles. The average Bonchev–Trinajstić information content (AvgIpc) is 2.93. The van der Waals surface area contributed by atoms with Crippen molar-refractivity contribution < 1.29 is 9.90 Å². The maximum atomic E-state index is 12.4. The zero-order chi connectivity index (χ0) is 16.3. The Morgan fingerprint density at radius 3 is 2.68 bits per heavy atom. The topological polar surface area (TPSA) is 71.2 Å². The van der Waals surface area contributed by atoms with Crippen LogP contribution >= 0.6 is 11.6 Å². The second-order valence-electron chi connectivity index (χ2n) is 5.63. The molecule has 0 aliphatic rings. The molecule has 0 spiro atoms. The highest BCUT2D eigenvalue weighted by Crippen LogP contribution is 2.19. The first kappa shape index (κ1) is 16.5. The van der Waals surface area contributed by atoms with Crippen molar-refractivity contribution in [2.75, 3.05) is 13.1 Å². The first-order valence-electron chi connectivity index (χ1n) is 7.00. The second kappa shape index (κ2) is 6.46. The molecule has 2 rings (SSSR count). The molecule has 1 aromatic heterocycles. The van der Waals surface area contributed by atoms with Crippen LogP contribution in [0.3, 0.4) is 0 Å². The van der Waals surface area contributed by atoms with Gasteiger partial charge in [0.05, 0.1) is 22.5 Å². The van der Waals surface area contributed by atoms with Gasteiger partial charge in [0.1, 0.15) is 0 Å². The summed E-state index contributed by atoms with van der Waals surface area (Å²) in [6, 6.07) is 7.18. The van der Waals surface area contributed by atoms with Crippen molar-refractivity contribution in [2.45, 2.75) is 26.4 Å². The first-order valence-corrected chi connectivity index (χ1v) is 7.38. The van der Waals surface area contributed by atoms with Crippen LogP contribution in [0, 0.1) is 0 Å². The molecule has 22 heavy (non-hydrogen) atoms. The molecular formula is C15H19ClN4O2. The molecule has 0 bridgehead atoms. The molecule has 1 N–H and O–H groups in total. The maximum Gasteiger partial charge on any atom is 0.276 e. The molecule has 0 fully saturated rings. The third kappa shape index (κ3) is 3.84. The van der Waals surface area contributed by atoms with E-state index in [0.717, 1.165) is 0 Å². The van der Waals surface area contributed by atoms with Crippen molar-refractivity contribution in [2.24, 2.45) is 0 Å². The van der Waals surface area contributed by atoms with Crippen LogP contribution in [0.1, 0.15) is 31.3 Å². The number of carbonyl (C=O) groups is 1. The number of halogens is 1. The van der Waals surface area contributed by atoms with Gasteiger partial charge in [-0.15, -0.1) is 5.10 Å². The summed E-state index contributed by atoms with van der Waals surface area (Å²) in [5, 5.41) is 18.3. The van der Waals surface area contributed by atoms with E-state index in [1.807, 2.05) is 19.1 Å². The minimum Gasteiger partial charge on any atom is -0.389 e. The van der Waals surface area contributed by atoms with Gasteiger partial charge in [-0.1, -0.05) is 28.9 Å². The molecular weight excluding hydrogens is 304 g/mol. The Hall–Kier alpha value is -1.92. The fourth-order valence-electron chi connectivity index (χ4n) is 2.07. The number of aliphatic hydroxyl groups is 1. The predicted molar refractivity (Wildman–Crippen MR) is 84.2 cm³/mol. The van der Waals surface area contributed by atoms with Gasteiger partial charge in [0.2, 0.25) is 0 Å². The van der Waals surface area contributed by atoms with E-state index in [9.17, 15) is 9.90 Å². The SMILES string of the molecule is CCN(CC(C)(C)O)C(=O)c1cn(-c2ccccc2Cl)nn1. The van der Waals surface area contributed by atoms with E-state index in [1.54, 1.807) is 26.0 Å². The Morgan fingerprint density at radius 1 is 1.41 bits per heavy atom. The molecule has 6 nitrogen and oxygen atoms in total. The molecule has 0 aliphatic heterocycles. The van der Waals surface area contributed by atoms with Crippen molar-refractivity contribution in [3.63, 3.8) is 0 Å². The first-order chi connectivity index (χ1) is 10.3. The molecule has 0 atom stereocenters. The molecule has 0 aliphatic carbocycles. The van der Waals surface area contributed by atoms with E-state index in [1.165, 1.54) is 15.8 Å². The Labute approximate surface area is 134 Å². The van der Waals surface area contributed by atoms with Crippen LogP contribution in [-0.2, 0) is 0 Å². The molecule has 1 amide bonds. The number of nitrogens with zero attached hydrogens (tertiary/aromatic N) is 4. The van der Waals surface area contributed by atoms with Gasteiger partial charge >= 0.3 is 0 Å². The van der Waals surface area contributed by atoms with Gasteiger partial charge in [-0.05, 0) is 32.9 Å². The monoisotopic (exact) mass is 322 g/mol. The van der Waals surface area contributed by atoms with Crippen LogP contribution in [0.4, 0.5) is 0 Å². The summed E-state index contributed by atoms with van der Waals surface area (Å²) in [4.78, 5) is 14.0. The molecule has 0 unspecified atom stereocenters. The molecule has 1 heterocycles. The number of hydrogen-bond donors (Lipinski definition) is 1. The van der Waals surface area contributed by atoms with E-state index < -0.39 is 5.60 Å². The fraction of sp³-hybridized carbons (Fsp3) is 0.400. The highest BCUT2D eigenvalue weighted by atomic mass is 35.5. The molecule has 2 aromatic rings. The third-order valence-corrected chi connectivity index (χ3v) is 3.38. The summed E-state index contributed by atoms with van der Waals surface area (Å²) in [6.45, 7) is 5.86. The van der Waals surface area contributed by atoms with Gasteiger partial charge in [0, 0.05) is 13.1 Å². The van der Waals surface area contributed by atoms with Crippen LogP contribution in [0.15, 0.2) is 30.5 Å². The van der Waals surface area contributed by atoms with Crippen LogP contribution in [0.2, 0.25) is 5.02 Å². The quantitative estimate of drug-likeness (QED) is 0.915. The van der Waals surface area contributed by atoms with E-state index >= 15 is 0 Å². The van der Waals surface area contributed by atoms with E-state index in [0.29, 0.717) is 17.3 Å². The van der Waals surface area contributed by atoms with Crippen LogP contribution in [-0.4, -0.2) is 49.6 Å². The zero-order valence-corrected chi connectivity index (χ0v) is 13.6. The second-order valence-corrected chi connectivity index (χ2v) is 6.04. The van der Waals surface area contributed by atoms with Crippen LogP contribution in [0.5, 0.6) is 0 Å². The van der Waals surface area contributed by atoms with Gasteiger partial charge in [0.25, 0.3) is 5.91 Å². The Morgan fingerprint density at radius 2 is 2.09 bits per heavy atom. The van der Waals surface area contributed by atoms with Gasteiger partial charge in [-0.3, -0.25) is 4.79 Å². The fourth-order valence-corrected chi connectivity index (χ4v) is 2.30. The van der Waals surface area contributed by atoms with Gasteiger partial charge in [0.15, 0.2) is 5.69 Å². The summed E-state index contributed by atoms with van der Waals surface area (Å²) in [5.41, 5.74) is -0.100. The number of amides is 1. The number of carbonyl (C=O) groups excluding carboxylic acids is 1. The highest BCUT2D eigenvalue weighted by Gasteiger charge is 2.24. The van der Waals surface area contributed by atoms with E-state index in [4.69, 9.17) is 11.6 Å². The van der Waals surface area contributed by atoms with Gasteiger partial charge < -0.3 is 10.0 Å². The molecule has 0 saturated heterocycles. The third-order valence-electron chi connectivity index (χ3n) is 3.06. The summed E-state index contributed by atoms with van der Waals surface area (Å²) in [5.74, 6) is -0.275. The van der Waals surface area contributed by atoms with E-state index in [-0.39, 0.29) is 18.1 Å². The average molecular weight is 323 g/mol. The van der Waals surface area contributed by atoms with Crippen molar-refractivity contribution in [3.8, 4) is 5.69 Å². The van der Waals surface area contributed by atoms with Crippen molar-refractivity contribution >= 4 is 17.5 Å². The predicted octanol–water partition coefficient (Wildman–Crippen LogP) is 2.15. The normalized spacial score (nSPS) is 11.5. The van der Waals surface area contributed by atoms with Crippen molar-refractivity contribution in [3.05, 3.63) is 41.2 Å². The van der Waals surface area contributed by atoms with Crippen molar-refractivity contribution in [1.82, 2.24) is 19.9 Å². The number of rotatable bonds is 5. The summed E-state index contributed by atoms with van der Waals surface area (Å²) >= 11 is 6.11. The lowest BCUT2D eigenvalue weighted by atomic mass is 10.1. The standard InChI is InChI=1S/C15H19ClN4O2/c1-4-19(10-15(2,3)22)14(21)12-9-20(18-17-12)13-8-6-5-7-11(13)16/h5-9,22H,4,10H2,1-3H3. The zero-order valence-electron chi connectivity index (χ0n) is 12.8. The Kier molecular flexibility index (Phi) is 4.83. The van der Waals surface area contributed by atoms with Crippen molar-refractivity contribution in [1.29, 1.82) is 0 Å². The maximum absolute atomic E-state index is 12.4. The molecule has 0 radical (unpaired) electrons. The lowest BCUT2D eigenvalue weighted by Gasteiger charge is -2.27. The Bertz CT molecular complexity index is 664. The minimum atomic E-state index is -0.968. The van der Waals surface area contributed by atoms with Gasteiger partial charge in [-0.2, -0.15) is 0 Å². The molecule has 7 heteroatoms. The van der Waals surface area contributed by atoms with Gasteiger partial charge in [-0.25, -0.2) is 4.68 Å². The highest BCUT2D eigenvalue weighted by molar-refractivity contribution is 6.32. The number of hydrogen-bond acceptors (Lipinski definition) is 4. The number of aromatic nitrogens is 3. The number of para-hydroxylation sites is 1. The molecule has 1 aromatic carbocycles.